The molecule has 0 aromatic heterocycles. The van der Waals surface area contributed by atoms with E-state index in [1.54, 1.807) is 6.92 Å². The minimum absolute atomic E-state index is 0.0206. The lowest BCUT2D eigenvalue weighted by molar-refractivity contribution is -0.167. The molecule has 0 amide bonds. The van der Waals surface area contributed by atoms with Crippen molar-refractivity contribution < 1.29 is 29.6 Å². The number of aliphatic hydroxyl groups is 3. The third-order valence-electron chi connectivity index (χ3n) is 8.64. The summed E-state index contributed by atoms with van der Waals surface area (Å²) in [5.41, 5.74) is 2.74. The van der Waals surface area contributed by atoms with Gasteiger partial charge in [0, 0.05) is 24.9 Å². The van der Waals surface area contributed by atoms with Gasteiger partial charge < -0.3 is 20.1 Å². The first-order chi connectivity index (χ1) is 17.9. The summed E-state index contributed by atoms with van der Waals surface area (Å²) < 4.78 is 5.22. The average Bonchev–Trinajstić information content (AvgIpc) is 3.20. The van der Waals surface area contributed by atoms with Crippen molar-refractivity contribution in [2.24, 2.45) is 17.3 Å². The second-order valence-corrected chi connectivity index (χ2v) is 11.5. The van der Waals surface area contributed by atoms with Crippen molar-refractivity contribution in [3.8, 4) is 0 Å². The fourth-order valence-corrected chi connectivity index (χ4v) is 6.54. The first kappa shape index (κ1) is 31.9. The highest BCUT2D eigenvalue weighted by atomic mass is 16.5. The van der Waals surface area contributed by atoms with E-state index in [1.165, 1.54) is 12.5 Å². The number of carbonyl (C=O) groups is 2. The first-order valence-corrected chi connectivity index (χ1v) is 13.9. The van der Waals surface area contributed by atoms with Gasteiger partial charge in [0.15, 0.2) is 0 Å². The highest BCUT2D eigenvalue weighted by Gasteiger charge is 2.63. The number of esters is 1. The Kier molecular flexibility index (Phi) is 11.9. The molecular weight excluding hydrogens is 480 g/mol. The Morgan fingerprint density at radius 3 is 2.53 bits per heavy atom. The standard InChI is InChI=1S/C32H48O6/c1-22(2)10-7-12-26(21-38-25(5)35)13-8-11-23(3)28-16-18-32(30(28)36)29(14-9-19-33)27(24(4)20-34)15-17-31(32,6)37/h8,10-11,13,20,28-30,33,36-37H,3,7,9,12,14-19,21H2,1-2,4-6H3/b11-8+,26-13-,27-24?/t28-,29+,30+,31-,32-/m0/s1. The van der Waals surface area contributed by atoms with Crippen LogP contribution in [-0.4, -0.2) is 52.5 Å². The second-order valence-electron chi connectivity index (χ2n) is 11.5. The number of hydrogen-bond donors (Lipinski definition) is 3. The molecule has 0 aromatic carbocycles. The number of aldehydes is 1. The number of aliphatic hydroxyl groups excluding tert-OH is 2. The van der Waals surface area contributed by atoms with E-state index in [1.807, 2.05) is 25.2 Å². The lowest BCUT2D eigenvalue weighted by atomic mass is 9.52. The van der Waals surface area contributed by atoms with Crippen molar-refractivity contribution in [2.45, 2.75) is 97.7 Å². The maximum absolute atomic E-state index is 11.8. The monoisotopic (exact) mass is 528 g/mol. The van der Waals surface area contributed by atoms with Gasteiger partial charge in [-0.15, -0.1) is 0 Å². The number of allylic oxidation sites excluding steroid dienone is 7. The van der Waals surface area contributed by atoms with E-state index in [2.05, 4.69) is 26.5 Å². The highest BCUT2D eigenvalue weighted by molar-refractivity contribution is 5.74. The van der Waals surface area contributed by atoms with Crippen molar-refractivity contribution in [1.82, 2.24) is 0 Å². The summed E-state index contributed by atoms with van der Waals surface area (Å²) in [5, 5.41) is 33.1. The second kappa shape index (κ2) is 14.2. The molecule has 6 heteroatoms. The third kappa shape index (κ3) is 7.43. The van der Waals surface area contributed by atoms with Gasteiger partial charge in [-0.25, -0.2) is 0 Å². The molecule has 2 fully saturated rings. The van der Waals surface area contributed by atoms with Crippen LogP contribution in [0.1, 0.15) is 86.0 Å². The van der Waals surface area contributed by atoms with E-state index in [4.69, 9.17) is 4.74 Å². The Bertz CT molecular complexity index is 978. The minimum atomic E-state index is -1.11. The molecule has 0 aromatic rings. The van der Waals surface area contributed by atoms with Gasteiger partial charge in [0.05, 0.1) is 11.7 Å². The van der Waals surface area contributed by atoms with Gasteiger partial charge in [0.25, 0.3) is 0 Å². The SMILES string of the molecule is C=C(/C=C/C=C(/CCC=C(C)C)COC(C)=O)[C@@H]1CC[C@]2([C@H](CCCO)C(=C(C)C=O)CC[C@]2(C)O)[C@@H]1O. The molecule has 0 unspecified atom stereocenters. The molecule has 0 saturated heterocycles. The highest BCUT2D eigenvalue weighted by Crippen LogP contribution is 2.62. The van der Waals surface area contributed by atoms with Crippen LogP contribution in [0.5, 0.6) is 0 Å². The van der Waals surface area contributed by atoms with Crippen LogP contribution in [0.3, 0.4) is 0 Å². The van der Waals surface area contributed by atoms with Gasteiger partial charge in [0.2, 0.25) is 0 Å². The van der Waals surface area contributed by atoms with Crippen LogP contribution in [0.25, 0.3) is 0 Å². The largest absolute Gasteiger partial charge is 0.461 e. The van der Waals surface area contributed by atoms with Crippen LogP contribution in [0.15, 0.2) is 58.7 Å². The van der Waals surface area contributed by atoms with E-state index < -0.39 is 17.1 Å². The Balaban J connectivity index is 2.31. The van der Waals surface area contributed by atoms with E-state index in [9.17, 15) is 24.9 Å². The molecule has 38 heavy (non-hydrogen) atoms. The number of ether oxygens (including phenoxy) is 1. The maximum Gasteiger partial charge on any atom is 0.302 e. The molecule has 0 aliphatic heterocycles. The quantitative estimate of drug-likeness (QED) is 0.101. The van der Waals surface area contributed by atoms with E-state index in [0.717, 1.165) is 35.8 Å². The van der Waals surface area contributed by atoms with E-state index in [-0.39, 0.29) is 31.0 Å². The molecule has 6 nitrogen and oxygen atoms in total. The molecule has 2 rings (SSSR count). The minimum Gasteiger partial charge on any atom is -0.461 e. The molecule has 0 bridgehead atoms. The zero-order valence-corrected chi connectivity index (χ0v) is 24.0. The molecule has 0 heterocycles. The Morgan fingerprint density at radius 1 is 1.21 bits per heavy atom. The predicted octanol–water partition coefficient (Wildman–Crippen LogP) is 5.54. The van der Waals surface area contributed by atoms with Gasteiger partial charge in [0.1, 0.15) is 12.9 Å². The molecule has 212 valence electrons. The summed E-state index contributed by atoms with van der Waals surface area (Å²) in [6.07, 6.45) is 13.1. The molecule has 2 aliphatic rings. The van der Waals surface area contributed by atoms with Crippen molar-refractivity contribution in [3.63, 3.8) is 0 Å². The van der Waals surface area contributed by atoms with Gasteiger partial charge in [-0.05, 0) is 102 Å². The summed E-state index contributed by atoms with van der Waals surface area (Å²) in [6.45, 7) is 13.6. The molecule has 3 N–H and O–H groups in total. The Hall–Kier alpha value is -2.28. The Morgan fingerprint density at radius 2 is 1.92 bits per heavy atom. The number of carbonyl (C=O) groups excluding carboxylic acids is 2. The van der Waals surface area contributed by atoms with Gasteiger partial charge in [-0.1, -0.05) is 42.0 Å². The van der Waals surface area contributed by atoms with Crippen LogP contribution in [0, 0.1) is 17.3 Å². The molecule has 2 aliphatic carbocycles. The summed E-state index contributed by atoms with van der Waals surface area (Å²) in [5.74, 6) is -0.744. The molecule has 2 saturated carbocycles. The summed E-state index contributed by atoms with van der Waals surface area (Å²) in [4.78, 5) is 23.0. The maximum atomic E-state index is 11.8. The van der Waals surface area contributed by atoms with Crippen molar-refractivity contribution in [1.29, 1.82) is 0 Å². The van der Waals surface area contributed by atoms with E-state index in [0.29, 0.717) is 44.1 Å². The van der Waals surface area contributed by atoms with Crippen LogP contribution in [-0.2, 0) is 14.3 Å². The first-order valence-electron chi connectivity index (χ1n) is 13.9. The van der Waals surface area contributed by atoms with Gasteiger partial charge in [-0.3, -0.25) is 9.59 Å². The molecule has 0 radical (unpaired) electrons. The van der Waals surface area contributed by atoms with Gasteiger partial charge >= 0.3 is 5.97 Å². The lowest BCUT2D eigenvalue weighted by Crippen LogP contribution is -2.59. The lowest BCUT2D eigenvalue weighted by Gasteiger charge is -2.55. The predicted molar refractivity (Wildman–Crippen MR) is 151 cm³/mol. The average molecular weight is 529 g/mol. The van der Waals surface area contributed by atoms with Crippen LogP contribution in [0.4, 0.5) is 0 Å². The van der Waals surface area contributed by atoms with Crippen LogP contribution < -0.4 is 0 Å². The fraction of sp³-hybridized carbons (Fsp3) is 0.625. The molecule has 1 spiro atoms. The zero-order valence-electron chi connectivity index (χ0n) is 24.0. The van der Waals surface area contributed by atoms with Crippen molar-refractivity contribution in [2.75, 3.05) is 13.2 Å². The topological polar surface area (TPSA) is 104 Å². The third-order valence-corrected chi connectivity index (χ3v) is 8.64. The molecule has 5 atom stereocenters. The van der Waals surface area contributed by atoms with Crippen molar-refractivity contribution >= 4 is 12.3 Å². The Labute approximate surface area is 228 Å². The normalized spacial score (nSPS) is 30.9. The van der Waals surface area contributed by atoms with Crippen LogP contribution in [0.2, 0.25) is 0 Å². The number of rotatable bonds is 12. The van der Waals surface area contributed by atoms with Gasteiger partial charge in [-0.2, -0.15) is 0 Å². The summed E-state index contributed by atoms with van der Waals surface area (Å²) >= 11 is 0. The summed E-state index contributed by atoms with van der Waals surface area (Å²) in [6, 6.07) is 0. The van der Waals surface area contributed by atoms with E-state index >= 15 is 0 Å². The van der Waals surface area contributed by atoms with Crippen molar-refractivity contribution in [3.05, 3.63) is 58.7 Å². The smallest absolute Gasteiger partial charge is 0.302 e. The van der Waals surface area contributed by atoms with Crippen LogP contribution >= 0.6 is 0 Å². The number of hydrogen-bond acceptors (Lipinski definition) is 6. The zero-order chi connectivity index (χ0) is 28.5. The molecular formula is C32H48O6. The fourth-order valence-electron chi connectivity index (χ4n) is 6.54. The summed E-state index contributed by atoms with van der Waals surface area (Å²) in [7, 11) is 0.